The highest BCUT2D eigenvalue weighted by Crippen LogP contribution is 2.33. The third-order valence-corrected chi connectivity index (χ3v) is 9.16. The second-order valence-corrected chi connectivity index (χ2v) is 11.5. The quantitative estimate of drug-likeness (QED) is 0.555. The Hall–Kier alpha value is -2.93. The molecular weight excluding hydrogens is 514 g/mol. The van der Waals surface area contributed by atoms with Gasteiger partial charge in [0.25, 0.3) is 5.91 Å². The van der Waals surface area contributed by atoms with E-state index in [2.05, 4.69) is 31.0 Å². The van der Waals surface area contributed by atoms with Crippen molar-refractivity contribution in [2.45, 2.75) is 57.6 Å². The van der Waals surface area contributed by atoms with Gasteiger partial charge in [0.05, 0.1) is 16.7 Å². The van der Waals surface area contributed by atoms with Crippen LogP contribution in [0, 0.1) is 24.2 Å². The fraction of sp³-hybridized carbons (Fsp3) is 0.586. The molecule has 2 N–H and O–H groups in total. The van der Waals surface area contributed by atoms with Crippen LogP contribution in [0.4, 0.5) is 5.82 Å². The van der Waals surface area contributed by atoms with E-state index in [1.165, 1.54) is 6.54 Å². The number of carbonyl (C=O) groups is 1. The first-order chi connectivity index (χ1) is 18.9. The number of carbonyl (C=O) groups excluding carboxylic acids is 1. The topological polar surface area (TPSA) is 112 Å². The van der Waals surface area contributed by atoms with Crippen molar-refractivity contribution in [3.63, 3.8) is 0 Å². The van der Waals surface area contributed by atoms with Gasteiger partial charge in [0.1, 0.15) is 11.8 Å². The van der Waals surface area contributed by atoms with E-state index in [9.17, 15) is 10.1 Å². The Morgan fingerprint density at radius 2 is 1.74 bits per heavy atom. The molecule has 3 aliphatic rings. The van der Waals surface area contributed by atoms with Crippen molar-refractivity contribution < 1.29 is 9.53 Å². The van der Waals surface area contributed by atoms with Crippen molar-refractivity contribution in [3.05, 3.63) is 46.1 Å². The van der Waals surface area contributed by atoms with E-state index in [0.29, 0.717) is 22.5 Å². The third-order valence-electron chi connectivity index (χ3n) is 8.68. The smallest absolute Gasteiger partial charge is 0.269 e. The molecule has 1 aromatic heterocycles. The highest BCUT2D eigenvalue weighted by molar-refractivity contribution is 6.32. The molecule has 1 aliphatic carbocycles. The minimum absolute atomic E-state index is 0.206. The Morgan fingerprint density at radius 3 is 2.36 bits per heavy atom. The molecule has 1 saturated carbocycles. The number of amides is 1. The van der Waals surface area contributed by atoms with Crippen LogP contribution in [0.2, 0.25) is 5.02 Å². The molecule has 10 heteroatoms. The van der Waals surface area contributed by atoms with Gasteiger partial charge >= 0.3 is 0 Å². The number of anilines is 1. The highest BCUT2D eigenvalue weighted by Gasteiger charge is 2.30. The number of hydrogen-bond acceptors (Lipinski definition) is 8. The van der Waals surface area contributed by atoms with Gasteiger partial charge in [0, 0.05) is 57.4 Å². The molecule has 0 unspecified atom stereocenters. The average molecular weight is 552 g/mol. The summed E-state index contributed by atoms with van der Waals surface area (Å²) in [5, 5.41) is 17.8. The van der Waals surface area contributed by atoms with Crippen LogP contribution < -0.4 is 15.4 Å². The van der Waals surface area contributed by atoms with E-state index in [4.69, 9.17) is 22.1 Å². The monoisotopic (exact) mass is 551 g/mol. The van der Waals surface area contributed by atoms with Crippen molar-refractivity contribution in [2.75, 3.05) is 50.7 Å². The van der Waals surface area contributed by atoms with Crippen LogP contribution in [0.15, 0.2) is 24.3 Å². The fourth-order valence-corrected chi connectivity index (χ4v) is 6.43. The first kappa shape index (κ1) is 27.6. The molecule has 5 rings (SSSR count). The summed E-state index contributed by atoms with van der Waals surface area (Å²) >= 11 is 6.33. The van der Waals surface area contributed by atoms with Gasteiger partial charge < -0.3 is 20.3 Å². The number of benzene rings is 1. The Bertz CT molecular complexity index is 1180. The molecule has 0 bridgehead atoms. The number of rotatable bonds is 7. The van der Waals surface area contributed by atoms with Gasteiger partial charge in [-0.05, 0) is 75.6 Å². The largest absolute Gasteiger partial charge is 0.490 e. The van der Waals surface area contributed by atoms with Crippen LogP contribution in [-0.4, -0.2) is 83.9 Å². The summed E-state index contributed by atoms with van der Waals surface area (Å²) in [5.74, 6) is 1.78. The molecule has 2 saturated heterocycles. The van der Waals surface area contributed by atoms with Crippen molar-refractivity contribution in [1.82, 2.24) is 20.0 Å². The maximum absolute atomic E-state index is 11.2. The second-order valence-electron chi connectivity index (χ2n) is 11.1. The summed E-state index contributed by atoms with van der Waals surface area (Å²) in [7, 11) is 0. The average Bonchev–Trinajstić information content (AvgIpc) is 2.97. The Balaban J connectivity index is 1.01. The van der Waals surface area contributed by atoms with Gasteiger partial charge in [0.2, 0.25) is 0 Å². The first-order valence-electron chi connectivity index (χ1n) is 14.1. The highest BCUT2D eigenvalue weighted by atomic mass is 35.5. The normalized spacial score (nSPS) is 23.4. The summed E-state index contributed by atoms with van der Waals surface area (Å²) in [6, 6.07) is 9.90. The summed E-state index contributed by atoms with van der Waals surface area (Å²) in [6.45, 7) is 9.58. The van der Waals surface area contributed by atoms with Gasteiger partial charge in [-0.2, -0.15) is 5.26 Å². The van der Waals surface area contributed by atoms with Crippen LogP contribution in [-0.2, 0) is 0 Å². The summed E-state index contributed by atoms with van der Waals surface area (Å²) < 4.78 is 6.30. The molecule has 0 atom stereocenters. The van der Waals surface area contributed by atoms with Crippen molar-refractivity contribution >= 4 is 23.3 Å². The lowest BCUT2D eigenvalue weighted by Gasteiger charge is -2.43. The molecule has 2 aromatic rings. The number of ether oxygens (including phenoxy) is 1. The number of nitriles is 1. The number of nitrogens with two attached hydrogens (primary N) is 1. The summed E-state index contributed by atoms with van der Waals surface area (Å²) in [4.78, 5) is 18.8. The second kappa shape index (κ2) is 12.5. The number of piperazine rings is 1. The van der Waals surface area contributed by atoms with E-state index in [-0.39, 0.29) is 11.8 Å². The molecular formula is C29H38ClN7O2. The van der Waals surface area contributed by atoms with Gasteiger partial charge in [-0.15, -0.1) is 10.2 Å². The molecule has 1 amide bonds. The lowest BCUT2D eigenvalue weighted by atomic mass is 9.91. The van der Waals surface area contributed by atoms with Crippen LogP contribution >= 0.6 is 11.6 Å². The zero-order valence-electron chi connectivity index (χ0n) is 22.7. The van der Waals surface area contributed by atoms with Gasteiger partial charge in [-0.25, -0.2) is 0 Å². The van der Waals surface area contributed by atoms with Crippen LogP contribution in [0.1, 0.15) is 60.1 Å². The van der Waals surface area contributed by atoms with E-state index >= 15 is 0 Å². The zero-order chi connectivity index (χ0) is 27.4. The number of nitrogens with zero attached hydrogens (tertiary/aromatic N) is 6. The lowest BCUT2D eigenvalue weighted by Crippen LogP contribution is -2.52. The minimum Gasteiger partial charge on any atom is -0.490 e. The SMILES string of the molecule is Cc1c(OC2CCC(N3CCN(CC4CCN(c5ccc(C(N)=O)nn5)CC4)CC3)CC2)ccc(C#N)c1Cl. The van der Waals surface area contributed by atoms with Gasteiger partial charge in [-0.3, -0.25) is 9.69 Å². The van der Waals surface area contributed by atoms with Crippen LogP contribution in [0.3, 0.4) is 0 Å². The molecule has 9 nitrogen and oxygen atoms in total. The molecule has 3 fully saturated rings. The van der Waals surface area contributed by atoms with E-state index < -0.39 is 5.91 Å². The van der Waals surface area contributed by atoms with Crippen molar-refractivity contribution in [3.8, 4) is 11.8 Å². The van der Waals surface area contributed by atoms with Gasteiger partial charge in [0.15, 0.2) is 11.5 Å². The van der Waals surface area contributed by atoms with Crippen molar-refractivity contribution in [2.24, 2.45) is 11.7 Å². The number of piperidine rings is 1. The van der Waals surface area contributed by atoms with Crippen molar-refractivity contribution in [1.29, 1.82) is 5.26 Å². The lowest BCUT2D eigenvalue weighted by molar-refractivity contribution is 0.0456. The predicted molar refractivity (Wildman–Crippen MR) is 151 cm³/mol. The van der Waals surface area contributed by atoms with Gasteiger partial charge in [-0.1, -0.05) is 11.6 Å². The minimum atomic E-state index is -0.546. The molecule has 3 heterocycles. The zero-order valence-corrected chi connectivity index (χ0v) is 23.4. The van der Waals surface area contributed by atoms with E-state index in [1.807, 2.05) is 19.1 Å². The predicted octanol–water partition coefficient (Wildman–Crippen LogP) is 3.63. The summed E-state index contributed by atoms with van der Waals surface area (Å²) in [6.07, 6.45) is 6.93. The molecule has 0 radical (unpaired) electrons. The van der Waals surface area contributed by atoms with E-state index in [0.717, 1.165) is 94.9 Å². The number of primary amides is 1. The molecule has 208 valence electrons. The van der Waals surface area contributed by atoms with Crippen LogP contribution in [0.25, 0.3) is 0 Å². The first-order valence-corrected chi connectivity index (χ1v) is 14.5. The molecule has 2 aliphatic heterocycles. The molecule has 1 aromatic carbocycles. The maximum Gasteiger partial charge on any atom is 0.269 e. The Labute approximate surface area is 235 Å². The molecule has 39 heavy (non-hydrogen) atoms. The third kappa shape index (κ3) is 6.63. The Kier molecular flexibility index (Phi) is 8.85. The molecule has 0 spiro atoms. The fourth-order valence-electron chi connectivity index (χ4n) is 6.24. The number of aromatic nitrogens is 2. The summed E-state index contributed by atoms with van der Waals surface area (Å²) in [5.41, 5.74) is 6.83. The number of halogens is 1. The van der Waals surface area contributed by atoms with E-state index in [1.54, 1.807) is 12.1 Å². The number of hydrogen-bond donors (Lipinski definition) is 1. The Morgan fingerprint density at radius 1 is 1.03 bits per heavy atom. The standard InChI is InChI=1S/C29H38ClN7O2/c1-20-26(8-2-22(18-31)28(20)30)39-24-5-3-23(4-6-24)36-16-14-35(15-17-36)19-21-10-12-37(13-11-21)27-9-7-25(29(32)38)33-34-27/h2,7-9,21,23-24H,3-6,10-17,19H2,1H3,(H2,32,38). The van der Waals surface area contributed by atoms with Crippen LogP contribution in [0.5, 0.6) is 5.75 Å². The maximum atomic E-state index is 11.2.